The zero-order chi connectivity index (χ0) is 22.2. The van der Waals surface area contributed by atoms with Crippen molar-refractivity contribution in [3.05, 3.63) is 111 Å². The minimum Gasteiger partial charge on any atom is -0.453 e. The van der Waals surface area contributed by atoms with Crippen LogP contribution in [0.4, 0.5) is 0 Å². The zero-order valence-corrected chi connectivity index (χ0v) is 18.5. The third-order valence-corrected chi connectivity index (χ3v) is 4.97. The molecule has 0 aliphatic carbocycles. The van der Waals surface area contributed by atoms with Gasteiger partial charge in [-0.3, -0.25) is 9.59 Å². The van der Waals surface area contributed by atoms with Crippen LogP contribution in [0, 0.1) is 0 Å². The van der Waals surface area contributed by atoms with Crippen LogP contribution in [0.3, 0.4) is 0 Å². The molecular weight excluding hydrogens is 482 g/mol. The normalized spacial score (nSPS) is 11.0. The highest BCUT2D eigenvalue weighted by molar-refractivity contribution is 9.10. The van der Waals surface area contributed by atoms with Gasteiger partial charge in [0.25, 0.3) is 5.91 Å². The van der Waals surface area contributed by atoms with Gasteiger partial charge in [-0.25, -0.2) is 4.79 Å². The van der Waals surface area contributed by atoms with Crippen molar-refractivity contribution in [3.8, 4) is 0 Å². The number of Topliss-reactive ketones (excluding diaryl/α,β-unsaturated/α-hetero) is 1. The predicted molar refractivity (Wildman–Crippen MR) is 123 cm³/mol. The van der Waals surface area contributed by atoms with E-state index in [1.165, 1.54) is 6.08 Å². The summed E-state index contributed by atoms with van der Waals surface area (Å²) in [5.74, 6) is -1.68. The topological polar surface area (TPSA) is 72.5 Å². The van der Waals surface area contributed by atoms with E-state index in [9.17, 15) is 14.4 Å². The molecule has 0 unspecified atom stereocenters. The van der Waals surface area contributed by atoms with Gasteiger partial charge in [-0.05, 0) is 60.2 Å². The Morgan fingerprint density at radius 2 is 1.48 bits per heavy atom. The lowest BCUT2D eigenvalue weighted by atomic mass is 10.1. The van der Waals surface area contributed by atoms with Gasteiger partial charge in [0, 0.05) is 20.6 Å². The van der Waals surface area contributed by atoms with Crippen molar-refractivity contribution in [1.29, 1.82) is 0 Å². The molecule has 0 aliphatic heterocycles. The molecule has 0 saturated heterocycles. The molecule has 0 saturated carbocycles. The maximum Gasteiger partial charge on any atom is 0.355 e. The Balaban J connectivity index is 1.75. The Labute approximate surface area is 192 Å². The summed E-state index contributed by atoms with van der Waals surface area (Å²) in [5, 5.41) is 3.07. The molecule has 0 spiro atoms. The van der Waals surface area contributed by atoms with Gasteiger partial charge in [0.05, 0.1) is 0 Å². The van der Waals surface area contributed by atoms with Crippen molar-refractivity contribution in [2.45, 2.75) is 0 Å². The lowest BCUT2D eigenvalue weighted by Gasteiger charge is -2.11. The maximum atomic E-state index is 12.7. The number of carbonyl (C=O) groups excluding carboxylic acids is 3. The van der Waals surface area contributed by atoms with Crippen molar-refractivity contribution in [3.63, 3.8) is 0 Å². The Morgan fingerprint density at radius 3 is 2.13 bits per heavy atom. The van der Waals surface area contributed by atoms with E-state index in [1.807, 2.05) is 6.07 Å². The summed E-state index contributed by atoms with van der Waals surface area (Å²) in [7, 11) is 0. The van der Waals surface area contributed by atoms with E-state index < -0.39 is 18.5 Å². The number of nitrogens with one attached hydrogen (secondary N) is 1. The number of rotatable bonds is 7. The number of halogens is 2. The van der Waals surface area contributed by atoms with Crippen LogP contribution in [0.25, 0.3) is 6.08 Å². The minimum atomic E-state index is -0.823. The first-order valence-electron chi connectivity index (χ1n) is 9.22. The maximum absolute atomic E-state index is 12.7. The molecule has 1 N–H and O–H groups in total. The molecule has 31 heavy (non-hydrogen) atoms. The van der Waals surface area contributed by atoms with Crippen molar-refractivity contribution < 1.29 is 19.1 Å². The fraction of sp³-hybridized carbons (Fsp3) is 0.0417. The first kappa shape index (κ1) is 22.5. The fourth-order valence-electron chi connectivity index (χ4n) is 2.59. The Kier molecular flexibility index (Phi) is 7.76. The lowest BCUT2D eigenvalue weighted by Crippen LogP contribution is -2.29. The molecule has 5 nitrogen and oxygen atoms in total. The van der Waals surface area contributed by atoms with Crippen molar-refractivity contribution in [2.75, 3.05) is 6.61 Å². The number of ether oxygens (including phenoxy) is 1. The number of benzene rings is 3. The molecule has 0 radical (unpaired) electrons. The van der Waals surface area contributed by atoms with Gasteiger partial charge < -0.3 is 10.1 Å². The zero-order valence-electron chi connectivity index (χ0n) is 16.2. The van der Waals surface area contributed by atoms with Crippen LogP contribution >= 0.6 is 27.5 Å². The molecule has 1 amide bonds. The molecular formula is C24H17BrClNO4. The van der Waals surface area contributed by atoms with Crippen molar-refractivity contribution >= 4 is 51.3 Å². The summed E-state index contributed by atoms with van der Waals surface area (Å²) < 4.78 is 5.99. The van der Waals surface area contributed by atoms with E-state index in [2.05, 4.69) is 21.2 Å². The van der Waals surface area contributed by atoms with E-state index in [4.69, 9.17) is 16.3 Å². The summed E-state index contributed by atoms with van der Waals surface area (Å²) in [6, 6.07) is 21.9. The van der Waals surface area contributed by atoms with Crippen LogP contribution in [0.2, 0.25) is 5.02 Å². The Morgan fingerprint density at radius 1 is 0.871 bits per heavy atom. The summed E-state index contributed by atoms with van der Waals surface area (Å²) in [6.07, 6.45) is 1.49. The highest BCUT2D eigenvalue weighted by Gasteiger charge is 2.18. The number of hydrogen-bond donors (Lipinski definition) is 1. The lowest BCUT2D eigenvalue weighted by molar-refractivity contribution is -0.138. The highest BCUT2D eigenvalue weighted by atomic mass is 79.9. The number of esters is 1. The van der Waals surface area contributed by atoms with Crippen LogP contribution < -0.4 is 5.32 Å². The quantitative estimate of drug-likeness (QED) is 0.273. The second-order valence-electron chi connectivity index (χ2n) is 6.44. The molecule has 0 bridgehead atoms. The van der Waals surface area contributed by atoms with Crippen molar-refractivity contribution in [1.82, 2.24) is 5.32 Å². The highest BCUT2D eigenvalue weighted by Crippen LogP contribution is 2.13. The Hall–Kier alpha value is -3.22. The fourth-order valence-corrected chi connectivity index (χ4v) is 2.98. The first-order valence-corrected chi connectivity index (χ1v) is 10.4. The van der Waals surface area contributed by atoms with E-state index in [1.54, 1.807) is 72.8 Å². The van der Waals surface area contributed by atoms with Gasteiger partial charge in [-0.1, -0.05) is 57.9 Å². The SMILES string of the molecule is O=C(OCC(=O)c1ccc(Cl)cc1)/C(=C/c1ccccc1)NC(=O)c1ccc(Br)cc1. The van der Waals surface area contributed by atoms with Gasteiger partial charge in [-0.15, -0.1) is 0 Å². The van der Waals surface area contributed by atoms with Crippen LogP contribution in [-0.4, -0.2) is 24.3 Å². The number of amides is 1. The smallest absolute Gasteiger partial charge is 0.355 e. The van der Waals surface area contributed by atoms with Gasteiger partial charge in [0.1, 0.15) is 5.70 Å². The molecule has 0 fully saturated rings. The molecule has 156 valence electrons. The van der Waals surface area contributed by atoms with Crippen LogP contribution in [-0.2, 0) is 9.53 Å². The average Bonchev–Trinajstić information content (AvgIpc) is 2.78. The van der Waals surface area contributed by atoms with E-state index >= 15 is 0 Å². The molecule has 3 aromatic rings. The summed E-state index contributed by atoms with van der Waals surface area (Å²) >= 11 is 9.14. The first-order chi connectivity index (χ1) is 14.9. The number of carbonyl (C=O) groups is 3. The van der Waals surface area contributed by atoms with Gasteiger partial charge in [0.15, 0.2) is 12.4 Å². The molecule has 3 aromatic carbocycles. The Bertz CT molecular complexity index is 1110. The van der Waals surface area contributed by atoms with Crippen LogP contribution in [0.5, 0.6) is 0 Å². The van der Waals surface area contributed by atoms with Crippen LogP contribution in [0.15, 0.2) is 89.0 Å². The van der Waals surface area contributed by atoms with Gasteiger partial charge >= 0.3 is 5.97 Å². The summed E-state index contributed by atoms with van der Waals surface area (Å²) in [4.78, 5) is 37.6. The molecule has 0 heterocycles. The van der Waals surface area contributed by atoms with Gasteiger partial charge in [-0.2, -0.15) is 0 Å². The molecule has 7 heteroatoms. The third kappa shape index (κ3) is 6.64. The monoisotopic (exact) mass is 497 g/mol. The van der Waals surface area contributed by atoms with E-state index in [0.717, 1.165) is 4.47 Å². The third-order valence-electron chi connectivity index (χ3n) is 4.19. The van der Waals surface area contributed by atoms with Gasteiger partial charge in [0.2, 0.25) is 0 Å². The summed E-state index contributed by atoms with van der Waals surface area (Å²) in [6.45, 7) is -0.471. The minimum absolute atomic E-state index is 0.0805. The predicted octanol–water partition coefficient (Wildman–Crippen LogP) is 5.30. The van der Waals surface area contributed by atoms with E-state index in [-0.39, 0.29) is 11.5 Å². The molecule has 0 aliphatic rings. The second kappa shape index (κ2) is 10.7. The largest absolute Gasteiger partial charge is 0.453 e. The molecule has 0 atom stereocenters. The molecule has 0 aromatic heterocycles. The summed E-state index contributed by atoms with van der Waals surface area (Å²) in [5.41, 5.74) is 1.34. The number of hydrogen-bond acceptors (Lipinski definition) is 4. The molecule has 3 rings (SSSR count). The second-order valence-corrected chi connectivity index (χ2v) is 7.79. The van der Waals surface area contributed by atoms with Crippen LogP contribution in [0.1, 0.15) is 26.3 Å². The van der Waals surface area contributed by atoms with Crippen molar-refractivity contribution in [2.24, 2.45) is 0 Å². The number of ketones is 1. The average molecular weight is 499 g/mol. The standard InChI is InChI=1S/C24H17BrClNO4/c25-19-10-6-18(7-11-19)23(29)27-21(14-16-4-2-1-3-5-16)24(30)31-15-22(28)17-8-12-20(26)13-9-17/h1-14H,15H2,(H,27,29)/b21-14-. The van der Waals surface area contributed by atoms with E-state index in [0.29, 0.717) is 21.7 Å².